The maximum atomic E-state index is 11.8. The van der Waals surface area contributed by atoms with Gasteiger partial charge in [-0.2, -0.15) is 0 Å². The predicted octanol–water partition coefficient (Wildman–Crippen LogP) is 2.71. The van der Waals surface area contributed by atoms with Crippen LogP contribution < -0.4 is 5.32 Å². The number of halogens is 1. The lowest BCUT2D eigenvalue weighted by atomic mass is 10.1. The van der Waals surface area contributed by atoms with E-state index in [0.717, 1.165) is 10.9 Å². The number of benzene rings is 1. The molecule has 0 spiro atoms. The number of nitrogens with one attached hydrogen (secondary N) is 1. The second kappa shape index (κ2) is 6.34. The van der Waals surface area contributed by atoms with Crippen molar-refractivity contribution < 1.29 is 9.53 Å². The summed E-state index contributed by atoms with van der Waals surface area (Å²) in [5, 5.41) is 2.92. The number of carbonyl (C=O) groups is 1. The van der Waals surface area contributed by atoms with Crippen molar-refractivity contribution in [2.75, 3.05) is 19.8 Å². The third-order valence-electron chi connectivity index (χ3n) is 3.18. The van der Waals surface area contributed by atoms with Crippen molar-refractivity contribution in [1.29, 1.82) is 0 Å². The Kier molecular flexibility index (Phi) is 4.78. The van der Waals surface area contributed by atoms with Crippen LogP contribution in [0.15, 0.2) is 28.7 Å². The number of ether oxygens (including phenoxy) is 1. The van der Waals surface area contributed by atoms with Gasteiger partial charge in [0.15, 0.2) is 0 Å². The van der Waals surface area contributed by atoms with E-state index in [2.05, 4.69) is 33.4 Å². The molecular formula is C14H18BrNO2. The van der Waals surface area contributed by atoms with E-state index in [0.29, 0.717) is 25.7 Å². The van der Waals surface area contributed by atoms with Gasteiger partial charge in [-0.25, -0.2) is 0 Å². The van der Waals surface area contributed by atoms with Crippen LogP contribution in [0.1, 0.15) is 24.8 Å². The molecule has 1 N–H and O–H groups in total. The first-order valence-electron chi connectivity index (χ1n) is 6.33. The number of rotatable bonds is 6. The zero-order chi connectivity index (χ0) is 13.0. The van der Waals surface area contributed by atoms with Crippen LogP contribution in [0.4, 0.5) is 0 Å². The lowest BCUT2D eigenvalue weighted by molar-refractivity contribution is -0.122. The molecule has 0 unspecified atom stereocenters. The molecule has 1 aliphatic carbocycles. The van der Waals surface area contributed by atoms with Crippen molar-refractivity contribution >= 4 is 21.8 Å². The topological polar surface area (TPSA) is 38.3 Å². The first-order valence-corrected chi connectivity index (χ1v) is 7.12. The largest absolute Gasteiger partial charge is 0.380 e. The van der Waals surface area contributed by atoms with Crippen LogP contribution in [-0.4, -0.2) is 25.7 Å². The molecule has 1 saturated carbocycles. The Balaban J connectivity index is 1.76. The maximum Gasteiger partial charge on any atom is 0.223 e. The van der Waals surface area contributed by atoms with Crippen LogP contribution in [0.5, 0.6) is 0 Å². The van der Waals surface area contributed by atoms with E-state index in [4.69, 9.17) is 4.74 Å². The van der Waals surface area contributed by atoms with E-state index in [-0.39, 0.29) is 11.8 Å². The van der Waals surface area contributed by atoms with E-state index in [1.165, 1.54) is 5.56 Å². The number of hydrogen-bond acceptors (Lipinski definition) is 2. The smallest absolute Gasteiger partial charge is 0.223 e. The quantitative estimate of drug-likeness (QED) is 0.820. The predicted molar refractivity (Wildman–Crippen MR) is 74.5 cm³/mol. The van der Waals surface area contributed by atoms with Crippen molar-refractivity contribution in [1.82, 2.24) is 5.32 Å². The zero-order valence-electron chi connectivity index (χ0n) is 10.5. The standard InChI is InChI=1S/C14H18BrNO2/c1-2-18-8-7-16-14(17)13-9-12(13)10-3-5-11(15)6-4-10/h3-6,12-13H,2,7-9H2,1H3,(H,16,17)/t12-,13+/m0/s1. The van der Waals surface area contributed by atoms with Crippen LogP contribution >= 0.6 is 15.9 Å². The number of amides is 1. The minimum atomic E-state index is 0.146. The normalized spacial score (nSPS) is 21.7. The highest BCUT2D eigenvalue weighted by Crippen LogP contribution is 2.47. The zero-order valence-corrected chi connectivity index (χ0v) is 12.1. The SMILES string of the molecule is CCOCCNC(=O)[C@@H]1C[C@H]1c1ccc(Br)cc1. The first kappa shape index (κ1) is 13.6. The van der Waals surface area contributed by atoms with Crippen LogP contribution in [0, 0.1) is 5.92 Å². The lowest BCUT2D eigenvalue weighted by Crippen LogP contribution is -2.28. The van der Waals surface area contributed by atoms with Gasteiger partial charge in [-0.15, -0.1) is 0 Å². The summed E-state index contributed by atoms with van der Waals surface area (Å²) in [6, 6.07) is 8.22. The Bertz CT molecular complexity index is 405. The molecule has 18 heavy (non-hydrogen) atoms. The number of hydrogen-bond donors (Lipinski definition) is 1. The Hall–Kier alpha value is -0.870. The lowest BCUT2D eigenvalue weighted by Gasteiger charge is -2.05. The molecule has 1 aliphatic rings. The van der Waals surface area contributed by atoms with E-state index in [1.54, 1.807) is 0 Å². The molecule has 3 nitrogen and oxygen atoms in total. The molecule has 98 valence electrons. The van der Waals surface area contributed by atoms with Gasteiger partial charge in [-0.05, 0) is 37.0 Å². The van der Waals surface area contributed by atoms with Gasteiger partial charge in [-0.1, -0.05) is 28.1 Å². The Morgan fingerprint density at radius 3 is 2.83 bits per heavy atom. The molecule has 2 atom stereocenters. The highest BCUT2D eigenvalue weighted by Gasteiger charge is 2.43. The van der Waals surface area contributed by atoms with E-state index < -0.39 is 0 Å². The van der Waals surface area contributed by atoms with Crippen LogP contribution in [-0.2, 0) is 9.53 Å². The third kappa shape index (κ3) is 3.56. The molecule has 0 radical (unpaired) electrons. The van der Waals surface area contributed by atoms with Crippen LogP contribution in [0.3, 0.4) is 0 Å². The van der Waals surface area contributed by atoms with Crippen molar-refractivity contribution in [2.45, 2.75) is 19.3 Å². The Morgan fingerprint density at radius 1 is 1.44 bits per heavy atom. The second-order valence-corrected chi connectivity index (χ2v) is 5.40. The minimum absolute atomic E-state index is 0.146. The van der Waals surface area contributed by atoms with Gasteiger partial charge in [0.2, 0.25) is 5.91 Å². The van der Waals surface area contributed by atoms with E-state index >= 15 is 0 Å². The molecule has 1 amide bonds. The van der Waals surface area contributed by atoms with E-state index in [9.17, 15) is 4.79 Å². The summed E-state index contributed by atoms with van der Waals surface area (Å²) in [6.07, 6.45) is 0.960. The van der Waals surface area contributed by atoms with Gasteiger partial charge in [-0.3, -0.25) is 4.79 Å². The minimum Gasteiger partial charge on any atom is -0.380 e. The summed E-state index contributed by atoms with van der Waals surface area (Å²) in [5.41, 5.74) is 1.25. The molecule has 0 saturated heterocycles. The molecule has 1 fully saturated rings. The molecule has 0 aliphatic heterocycles. The van der Waals surface area contributed by atoms with Gasteiger partial charge in [0.1, 0.15) is 0 Å². The fourth-order valence-electron chi connectivity index (χ4n) is 2.08. The van der Waals surface area contributed by atoms with Crippen LogP contribution in [0.2, 0.25) is 0 Å². The van der Waals surface area contributed by atoms with Gasteiger partial charge in [0.05, 0.1) is 6.61 Å². The molecule has 2 rings (SSSR count). The first-order chi connectivity index (χ1) is 8.72. The Morgan fingerprint density at radius 2 is 2.17 bits per heavy atom. The summed E-state index contributed by atoms with van der Waals surface area (Å²) in [5.74, 6) is 0.695. The van der Waals surface area contributed by atoms with Crippen molar-refractivity contribution in [3.05, 3.63) is 34.3 Å². The molecule has 1 aromatic rings. The van der Waals surface area contributed by atoms with Crippen molar-refractivity contribution in [3.63, 3.8) is 0 Å². The second-order valence-electron chi connectivity index (χ2n) is 4.49. The molecular weight excluding hydrogens is 294 g/mol. The summed E-state index contributed by atoms with van der Waals surface area (Å²) in [7, 11) is 0. The average Bonchev–Trinajstić information content (AvgIpc) is 3.15. The van der Waals surface area contributed by atoms with Gasteiger partial charge >= 0.3 is 0 Å². The fourth-order valence-corrected chi connectivity index (χ4v) is 2.35. The molecule has 0 aromatic heterocycles. The summed E-state index contributed by atoms with van der Waals surface area (Å²) >= 11 is 3.41. The molecule has 1 aromatic carbocycles. The van der Waals surface area contributed by atoms with E-state index in [1.807, 2.05) is 19.1 Å². The molecule has 4 heteroatoms. The van der Waals surface area contributed by atoms with Gasteiger partial charge in [0.25, 0.3) is 0 Å². The van der Waals surface area contributed by atoms with Crippen molar-refractivity contribution in [3.8, 4) is 0 Å². The highest BCUT2D eigenvalue weighted by molar-refractivity contribution is 9.10. The monoisotopic (exact) mass is 311 g/mol. The van der Waals surface area contributed by atoms with Crippen molar-refractivity contribution in [2.24, 2.45) is 5.92 Å². The average molecular weight is 312 g/mol. The number of carbonyl (C=O) groups excluding carboxylic acids is 1. The molecule has 0 heterocycles. The fraction of sp³-hybridized carbons (Fsp3) is 0.500. The summed E-state index contributed by atoms with van der Waals surface area (Å²) in [6.45, 7) is 3.85. The molecule has 0 bridgehead atoms. The summed E-state index contributed by atoms with van der Waals surface area (Å²) < 4.78 is 6.26. The third-order valence-corrected chi connectivity index (χ3v) is 3.70. The highest BCUT2D eigenvalue weighted by atomic mass is 79.9. The van der Waals surface area contributed by atoms with Gasteiger partial charge < -0.3 is 10.1 Å². The maximum absolute atomic E-state index is 11.8. The van der Waals surface area contributed by atoms with Crippen LogP contribution in [0.25, 0.3) is 0 Å². The Labute approximate surface area is 116 Å². The van der Waals surface area contributed by atoms with Gasteiger partial charge in [0, 0.05) is 23.5 Å². The summed E-state index contributed by atoms with van der Waals surface area (Å²) in [4.78, 5) is 11.8.